The third kappa shape index (κ3) is 4.47. The first-order valence-corrected chi connectivity index (χ1v) is 5.69. The van der Waals surface area contributed by atoms with Crippen LogP contribution in [0.3, 0.4) is 0 Å². The molecule has 3 nitrogen and oxygen atoms in total. The highest BCUT2D eigenvalue weighted by Gasteiger charge is 2.23. The van der Waals surface area contributed by atoms with E-state index in [1.807, 2.05) is 13.8 Å². The lowest BCUT2D eigenvalue weighted by atomic mass is 10.2. The third-order valence-electron chi connectivity index (χ3n) is 2.91. The Morgan fingerprint density at radius 3 is 2.47 bits per heavy atom. The Hall–Kier alpha value is -0.830. The van der Waals surface area contributed by atoms with Crippen molar-refractivity contribution in [2.24, 2.45) is 0 Å². The molecule has 1 aliphatic rings. The van der Waals surface area contributed by atoms with Gasteiger partial charge in [0.2, 0.25) is 0 Å². The number of hydrogen-bond acceptors (Lipinski definition) is 2. The van der Waals surface area contributed by atoms with Gasteiger partial charge >= 0.3 is 5.97 Å². The first-order chi connectivity index (χ1) is 7.09. The lowest BCUT2D eigenvalue weighted by Crippen LogP contribution is -2.37. The summed E-state index contributed by atoms with van der Waals surface area (Å²) in [5.41, 5.74) is 1.25. The summed E-state index contributed by atoms with van der Waals surface area (Å²) in [6.07, 6.45) is 6.92. The van der Waals surface area contributed by atoms with Crippen LogP contribution in [0.25, 0.3) is 0 Å². The maximum Gasteiger partial charge on any atom is 0.317 e. The van der Waals surface area contributed by atoms with Gasteiger partial charge in [-0.1, -0.05) is 24.5 Å². The molecule has 0 radical (unpaired) electrons. The molecule has 0 amide bonds. The van der Waals surface area contributed by atoms with Crippen molar-refractivity contribution in [2.45, 2.75) is 45.6 Å². The molecular weight excluding hydrogens is 190 g/mol. The fraction of sp³-hybridized carbons (Fsp3) is 0.750. The van der Waals surface area contributed by atoms with Gasteiger partial charge in [0.15, 0.2) is 0 Å². The van der Waals surface area contributed by atoms with E-state index in [9.17, 15) is 4.79 Å². The maximum atomic E-state index is 10.7. The molecule has 3 heteroatoms. The van der Waals surface area contributed by atoms with Crippen molar-refractivity contribution in [3.8, 4) is 0 Å². The number of hydrogen-bond donors (Lipinski definition) is 1. The van der Waals surface area contributed by atoms with E-state index in [-0.39, 0.29) is 6.54 Å². The van der Waals surface area contributed by atoms with Crippen LogP contribution in [0.15, 0.2) is 11.6 Å². The van der Waals surface area contributed by atoms with Crippen LogP contribution >= 0.6 is 0 Å². The van der Waals surface area contributed by atoms with E-state index in [2.05, 4.69) is 11.0 Å². The van der Waals surface area contributed by atoms with Gasteiger partial charge in [-0.25, -0.2) is 0 Å². The SMILES string of the molecule is CC(C)=CCN(CC(=O)O)C1CCCC1. The number of rotatable bonds is 5. The minimum atomic E-state index is -0.718. The molecule has 0 aromatic carbocycles. The van der Waals surface area contributed by atoms with Gasteiger partial charge in [-0.05, 0) is 26.7 Å². The lowest BCUT2D eigenvalue weighted by Gasteiger charge is -2.25. The molecule has 0 aromatic rings. The minimum Gasteiger partial charge on any atom is -0.480 e. The average Bonchev–Trinajstić information content (AvgIpc) is 2.63. The predicted octanol–water partition coefficient (Wildman–Crippen LogP) is 2.28. The molecule has 0 spiro atoms. The molecule has 1 rings (SSSR count). The van der Waals surface area contributed by atoms with Crippen LogP contribution in [0.1, 0.15) is 39.5 Å². The van der Waals surface area contributed by atoms with Crippen molar-refractivity contribution in [3.05, 3.63) is 11.6 Å². The second kappa shape index (κ2) is 5.91. The van der Waals surface area contributed by atoms with E-state index in [1.54, 1.807) is 0 Å². The van der Waals surface area contributed by atoms with E-state index in [0.717, 1.165) is 19.4 Å². The summed E-state index contributed by atoms with van der Waals surface area (Å²) in [4.78, 5) is 12.8. The summed E-state index contributed by atoms with van der Waals surface area (Å²) in [5.74, 6) is -0.718. The monoisotopic (exact) mass is 211 g/mol. The number of carbonyl (C=O) groups is 1. The zero-order valence-electron chi connectivity index (χ0n) is 9.70. The topological polar surface area (TPSA) is 40.5 Å². The molecule has 0 bridgehead atoms. The number of nitrogens with zero attached hydrogens (tertiary/aromatic N) is 1. The summed E-state index contributed by atoms with van der Waals surface area (Å²) in [5, 5.41) is 8.85. The van der Waals surface area contributed by atoms with Gasteiger partial charge in [-0.15, -0.1) is 0 Å². The van der Waals surface area contributed by atoms with Gasteiger partial charge in [0, 0.05) is 12.6 Å². The van der Waals surface area contributed by atoms with Gasteiger partial charge in [-0.3, -0.25) is 9.69 Å². The summed E-state index contributed by atoms with van der Waals surface area (Å²) < 4.78 is 0. The molecule has 86 valence electrons. The second-order valence-corrected chi connectivity index (χ2v) is 4.54. The number of allylic oxidation sites excluding steroid dienone is 1. The van der Waals surface area contributed by atoms with Crippen LogP contribution < -0.4 is 0 Å². The fourth-order valence-corrected chi connectivity index (χ4v) is 2.09. The van der Waals surface area contributed by atoms with Crippen molar-refractivity contribution < 1.29 is 9.90 Å². The number of carboxylic acids is 1. The largest absolute Gasteiger partial charge is 0.480 e. The van der Waals surface area contributed by atoms with E-state index < -0.39 is 5.97 Å². The second-order valence-electron chi connectivity index (χ2n) is 4.54. The predicted molar refractivity (Wildman–Crippen MR) is 60.9 cm³/mol. The van der Waals surface area contributed by atoms with Crippen molar-refractivity contribution >= 4 is 5.97 Å². The molecule has 0 aromatic heterocycles. The van der Waals surface area contributed by atoms with Crippen LogP contribution in [0.5, 0.6) is 0 Å². The van der Waals surface area contributed by atoms with Gasteiger partial charge in [0.05, 0.1) is 6.54 Å². The van der Waals surface area contributed by atoms with Crippen molar-refractivity contribution in [2.75, 3.05) is 13.1 Å². The Kier molecular flexibility index (Phi) is 4.82. The molecule has 0 heterocycles. The molecular formula is C12H21NO2. The van der Waals surface area contributed by atoms with Gasteiger partial charge in [-0.2, -0.15) is 0 Å². The zero-order chi connectivity index (χ0) is 11.3. The lowest BCUT2D eigenvalue weighted by molar-refractivity contribution is -0.138. The van der Waals surface area contributed by atoms with Crippen LogP contribution in [0, 0.1) is 0 Å². The molecule has 15 heavy (non-hydrogen) atoms. The highest BCUT2D eigenvalue weighted by atomic mass is 16.4. The molecule has 0 atom stereocenters. The van der Waals surface area contributed by atoms with Crippen molar-refractivity contribution in [3.63, 3.8) is 0 Å². The number of aliphatic carboxylic acids is 1. The summed E-state index contributed by atoms with van der Waals surface area (Å²) in [6.45, 7) is 5.05. The highest BCUT2D eigenvalue weighted by Crippen LogP contribution is 2.23. The van der Waals surface area contributed by atoms with E-state index >= 15 is 0 Å². The average molecular weight is 211 g/mol. The number of carboxylic acid groups (broad SMARTS) is 1. The normalized spacial score (nSPS) is 17.0. The van der Waals surface area contributed by atoms with Crippen LogP contribution in [0.4, 0.5) is 0 Å². The maximum absolute atomic E-state index is 10.7. The van der Waals surface area contributed by atoms with Crippen LogP contribution in [-0.2, 0) is 4.79 Å². The third-order valence-corrected chi connectivity index (χ3v) is 2.91. The molecule has 1 fully saturated rings. The van der Waals surface area contributed by atoms with Gasteiger partial charge in [0.1, 0.15) is 0 Å². The standard InChI is InChI=1S/C12H21NO2/c1-10(2)7-8-13(9-12(14)15)11-5-3-4-6-11/h7,11H,3-6,8-9H2,1-2H3,(H,14,15). The summed E-state index contributed by atoms with van der Waals surface area (Å²) in [6, 6.07) is 0.483. The van der Waals surface area contributed by atoms with E-state index in [4.69, 9.17) is 5.11 Å². The van der Waals surface area contributed by atoms with E-state index in [1.165, 1.54) is 18.4 Å². The minimum absolute atomic E-state index is 0.175. The van der Waals surface area contributed by atoms with Crippen LogP contribution in [0.2, 0.25) is 0 Å². The fourth-order valence-electron chi connectivity index (χ4n) is 2.09. The van der Waals surface area contributed by atoms with Gasteiger partial charge in [0.25, 0.3) is 0 Å². The Morgan fingerprint density at radius 1 is 1.40 bits per heavy atom. The highest BCUT2D eigenvalue weighted by molar-refractivity contribution is 5.69. The molecule has 1 aliphatic carbocycles. The van der Waals surface area contributed by atoms with Crippen molar-refractivity contribution in [1.82, 2.24) is 4.90 Å². The molecule has 1 N–H and O–H groups in total. The summed E-state index contributed by atoms with van der Waals surface area (Å²) in [7, 11) is 0. The first kappa shape index (κ1) is 12.2. The van der Waals surface area contributed by atoms with E-state index in [0.29, 0.717) is 6.04 Å². The van der Waals surface area contributed by atoms with Crippen LogP contribution in [-0.4, -0.2) is 35.1 Å². The molecule has 0 saturated heterocycles. The molecule has 0 unspecified atom stereocenters. The Balaban J connectivity index is 2.51. The zero-order valence-corrected chi connectivity index (χ0v) is 9.70. The molecule has 1 saturated carbocycles. The molecule has 0 aliphatic heterocycles. The Labute approximate surface area is 91.8 Å². The Bertz CT molecular complexity index is 238. The first-order valence-electron chi connectivity index (χ1n) is 5.69. The quantitative estimate of drug-likeness (QED) is 0.709. The Morgan fingerprint density at radius 2 is 2.00 bits per heavy atom. The summed E-state index contributed by atoms with van der Waals surface area (Å²) >= 11 is 0. The smallest absolute Gasteiger partial charge is 0.317 e. The van der Waals surface area contributed by atoms with Crippen molar-refractivity contribution in [1.29, 1.82) is 0 Å². The van der Waals surface area contributed by atoms with Gasteiger partial charge < -0.3 is 5.11 Å².